The third kappa shape index (κ3) is 3.85. The van der Waals surface area contributed by atoms with Crippen molar-refractivity contribution in [1.29, 1.82) is 0 Å². The van der Waals surface area contributed by atoms with Gasteiger partial charge in [-0.15, -0.1) is 0 Å². The van der Waals surface area contributed by atoms with Crippen molar-refractivity contribution in [3.63, 3.8) is 0 Å². The van der Waals surface area contributed by atoms with Crippen LogP contribution in [0, 0.1) is 17.0 Å². The first kappa shape index (κ1) is 14.6. The van der Waals surface area contributed by atoms with E-state index < -0.39 is 4.92 Å². The van der Waals surface area contributed by atoms with E-state index in [1.54, 1.807) is 19.1 Å². The van der Waals surface area contributed by atoms with E-state index in [-0.39, 0.29) is 17.2 Å². The van der Waals surface area contributed by atoms with E-state index in [0.717, 1.165) is 5.82 Å². The van der Waals surface area contributed by atoms with Crippen LogP contribution in [0.25, 0.3) is 0 Å². The maximum absolute atomic E-state index is 11.9. The van der Waals surface area contributed by atoms with Gasteiger partial charge in [0.2, 0.25) is 0 Å². The van der Waals surface area contributed by atoms with E-state index in [4.69, 9.17) is 0 Å². The number of nitro groups is 1. The number of H-pyrrole nitrogens is 1. The summed E-state index contributed by atoms with van der Waals surface area (Å²) in [6, 6.07) is 4.44. The van der Waals surface area contributed by atoms with Crippen LogP contribution >= 0.6 is 0 Å². The molecule has 0 aliphatic rings. The van der Waals surface area contributed by atoms with Crippen LogP contribution in [0.5, 0.6) is 0 Å². The molecule has 0 saturated heterocycles. The Morgan fingerprint density at radius 2 is 2.29 bits per heavy atom. The summed E-state index contributed by atoms with van der Waals surface area (Å²) in [7, 11) is 0. The molecule has 21 heavy (non-hydrogen) atoms. The van der Waals surface area contributed by atoms with Gasteiger partial charge in [0, 0.05) is 30.2 Å². The fourth-order valence-electron chi connectivity index (χ4n) is 1.86. The van der Waals surface area contributed by atoms with Crippen LogP contribution in [0.2, 0.25) is 0 Å². The third-order valence-corrected chi connectivity index (χ3v) is 3.01. The normalized spacial score (nSPS) is 10.3. The van der Waals surface area contributed by atoms with Crippen molar-refractivity contribution in [3.05, 3.63) is 51.6 Å². The second-order valence-electron chi connectivity index (χ2n) is 4.55. The van der Waals surface area contributed by atoms with Crippen molar-refractivity contribution in [1.82, 2.24) is 20.5 Å². The van der Waals surface area contributed by atoms with Crippen molar-refractivity contribution in [2.75, 3.05) is 6.54 Å². The highest BCUT2D eigenvalue weighted by molar-refractivity contribution is 5.94. The highest BCUT2D eigenvalue weighted by Gasteiger charge is 2.14. The average molecular weight is 289 g/mol. The predicted molar refractivity (Wildman–Crippen MR) is 74.9 cm³/mol. The van der Waals surface area contributed by atoms with E-state index in [0.29, 0.717) is 24.9 Å². The summed E-state index contributed by atoms with van der Waals surface area (Å²) in [5.74, 6) is 0.436. The zero-order valence-corrected chi connectivity index (χ0v) is 11.5. The summed E-state index contributed by atoms with van der Waals surface area (Å²) in [4.78, 5) is 26.3. The van der Waals surface area contributed by atoms with Crippen molar-refractivity contribution in [2.45, 2.75) is 19.8 Å². The van der Waals surface area contributed by atoms with Crippen molar-refractivity contribution in [2.24, 2.45) is 0 Å². The summed E-state index contributed by atoms with van der Waals surface area (Å²) >= 11 is 0. The highest BCUT2D eigenvalue weighted by atomic mass is 16.6. The van der Waals surface area contributed by atoms with Gasteiger partial charge in [-0.25, -0.2) is 4.98 Å². The number of nitrogens with one attached hydrogen (secondary N) is 2. The molecule has 0 fully saturated rings. The van der Waals surface area contributed by atoms with E-state index in [1.807, 2.05) is 0 Å². The topological polar surface area (TPSA) is 114 Å². The Kier molecular flexibility index (Phi) is 4.60. The number of nitro benzene ring substituents is 1. The lowest BCUT2D eigenvalue weighted by atomic mass is 10.1. The predicted octanol–water partition coefficient (Wildman–Crippen LogP) is 1.38. The number of rotatable bonds is 6. The molecule has 0 radical (unpaired) electrons. The number of carbonyl (C=O) groups is 1. The quantitative estimate of drug-likeness (QED) is 0.474. The zero-order chi connectivity index (χ0) is 15.2. The van der Waals surface area contributed by atoms with Gasteiger partial charge in [-0.2, -0.15) is 5.10 Å². The lowest BCUT2D eigenvalue weighted by molar-refractivity contribution is -0.385. The number of hydrogen-bond donors (Lipinski definition) is 2. The van der Waals surface area contributed by atoms with Gasteiger partial charge < -0.3 is 5.32 Å². The minimum atomic E-state index is -0.490. The van der Waals surface area contributed by atoms with E-state index >= 15 is 0 Å². The number of amides is 1. The van der Waals surface area contributed by atoms with Gasteiger partial charge in [0.05, 0.1) is 4.92 Å². The molecule has 0 aliphatic carbocycles. The van der Waals surface area contributed by atoms with E-state index in [1.165, 1.54) is 12.4 Å². The highest BCUT2D eigenvalue weighted by Crippen LogP contribution is 2.19. The first-order valence-electron chi connectivity index (χ1n) is 6.45. The average Bonchev–Trinajstić information content (AvgIpc) is 2.96. The Hall–Kier alpha value is -2.77. The van der Waals surface area contributed by atoms with Gasteiger partial charge >= 0.3 is 0 Å². The summed E-state index contributed by atoms with van der Waals surface area (Å²) in [6.07, 6.45) is 2.81. The first-order valence-corrected chi connectivity index (χ1v) is 6.45. The molecule has 0 unspecified atom stereocenters. The molecular formula is C13H15N5O3. The van der Waals surface area contributed by atoms with Crippen LogP contribution in [0.15, 0.2) is 24.5 Å². The molecule has 2 aromatic rings. The molecule has 1 aromatic heterocycles. The molecule has 8 heteroatoms. The van der Waals surface area contributed by atoms with Gasteiger partial charge in [0.15, 0.2) is 0 Å². The smallest absolute Gasteiger partial charge is 0.273 e. The van der Waals surface area contributed by atoms with Gasteiger partial charge in [-0.3, -0.25) is 20.0 Å². The lowest BCUT2D eigenvalue weighted by Gasteiger charge is -2.05. The minimum absolute atomic E-state index is 0.0516. The van der Waals surface area contributed by atoms with Gasteiger partial charge in [0.1, 0.15) is 12.2 Å². The van der Waals surface area contributed by atoms with E-state index in [9.17, 15) is 14.9 Å². The maximum Gasteiger partial charge on any atom is 0.273 e. The molecule has 0 saturated carbocycles. The molecule has 2 N–H and O–H groups in total. The summed E-state index contributed by atoms with van der Waals surface area (Å²) in [5.41, 5.74) is 0.762. The second-order valence-corrected chi connectivity index (χ2v) is 4.55. The molecule has 0 bridgehead atoms. The van der Waals surface area contributed by atoms with Crippen LogP contribution in [0.3, 0.4) is 0 Å². The number of aromatic amines is 1. The fraction of sp³-hybridized carbons (Fsp3) is 0.308. The summed E-state index contributed by atoms with van der Waals surface area (Å²) < 4.78 is 0. The van der Waals surface area contributed by atoms with Crippen LogP contribution in [-0.2, 0) is 6.42 Å². The van der Waals surface area contributed by atoms with Crippen LogP contribution in [-0.4, -0.2) is 32.6 Å². The standard InChI is InChI=1S/C13H15N5O3/c1-9-4-5-10(7-11(9)18(20)21)13(19)14-6-2-3-12-15-8-16-17-12/h4-5,7-8H,2-3,6H2,1H3,(H,14,19)(H,15,16,17). The summed E-state index contributed by atoms with van der Waals surface area (Å²) in [5, 5.41) is 20.0. The Bertz CT molecular complexity index is 639. The SMILES string of the molecule is Cc1ccc(C(=O)NCCCc2ncn[nH]2)cc1[N+](=O)[O-]. The van der Waals surface area contributed by atoms with Crippen molar-refractivity contribution in [3.8, 4) is 0 Å². The molecule has 110 valence electrons. The van der Waals surface area contributed by atoms with Crippen molar-refractivity contribution < 1.29 is 9.72 Å². The van der Waals surface area contributed by atoms with Gasteiger partial charge in [-0.1, -0.05) is 6.07 Å². The number of benzene rings is 1. The second kappa shape index (κ2) is 6.60. The van der Waals surface area contributed by atoms with Crippen LogP contribution in [0.4, 0.5) is 5.69 Å². The summed E-state index contributed by atoms with van der Waals surface area (Å²) in [6.45, 7) is 2.10. The molecule has 1 heterocycles. The largest absolute Gasteiger partial charge is 0.352 e. The molecule has 0 atom stereocenters. The maximum atomic E-state index is 11.9. The Balaban J connectivity index is 1.88. The lowest BCUT2D eigenvalue weighted by Crippen LogP contribution is -2.25. The van der Waals surface area contributed by atoms with E-state index in [2.05, 4.69) is 20.5 Å². The zero-order valence-electron chi connectivity index (χ0n) is 11.5. The molecule has 1 aromatic carbocycles. The number of aryl methyl sites for hydroxylation is 2. The number of nitrogens with zero attached hydrogens (tertiary/aromatic N) is 3. The first-order chi connectivity index (χ1) is 10.1. The van der Waals surface area contributed by atoms with Crippen molar-refractivity contribution >= 4 is 11.6 Å². The third-order valence-electron chi connectivity index (χ3n) is 3.01. The Labute approximate surface area is 120 Å². The Morgan fingerprint density at radius 3 is 2.95 bits per heavy atom. The number of hydrogen-bond acceptors (Lipinski definition) is 5. The molecule has 2 rings (SSSR count). The fourth-order valence-corrected chi connectivity index (χ4v) is 1.86. The molecule has 8 nitrogen and oxygen atoms in total. The van der Waals surface area contributed by atoms with Crippen LogP contribution in [0.1, 0.15) is 28.2 Å². The van der Waals surface area contributed by atoms with Crippen LogP contribution < -0.4 is 5.32 Å². The molecule has 0 spiro atoms. The van der Waals surface area contributed by atoms with Gasteiger partial charge in [0.25, 0.3) is 11.6 Å². The minimum Gasteiger partial charge on any atom is -0.352 e. The molecule has 0 aliphatic heterocycles. The Morgan fingerprint density at radius 1 is 1.48 bits per heavy atom. The number of carbonyl (C=O) groups excluding carboxylic acids is 1. The molecule has 1 amide bonds. The molecular weight excluding hydrogens is 274 g/mol. The number of aromatic nitrogens is 3. The monoisotopic (exact) mass is 289 g/mol. The van der Waals surface area contributed by atoms with Gasteiger partial charge in [-0.05, 0) is 19.4 Å².